The van der Waals surface area contributed by atoms with Gasteiger partial charge in [-0.25, -0.2) is 0 Å². The maximum Gasteiger partial charge on any atom is 0.132 e. The van der Waals surface area contributed by atoms with Gasteiger partial charge in [-0.3, -0.25) is 0 Å². The topological polar surface area (TPSA) is 9.23 Å². The molecule has 0 aliphatic heterocycles. The second-order valence-corrected chi connectivity index (χ2v) is 3.20. The molecular weight excluding hydrogens is 160 g/mol. The number of rotatable bonds is 4. The molecule has 1 rings (SSSR count). The highest BCUT2D eigenvalue weighted by Gasteiger charge is 1.99. The molecule has 1 heteroatoms. The lowest BCUT2D eigenvalue weighted by atomic mass is 10.1. The molecule has 0 unspecified atom stereocenters. The van der Waals surface area contributed by atoms with Gasteiger partial charge < -0.3 is 4.74 Å². The van der Waals surface area contributed by atoms with Crippen LogP contribution in [0.2, 0.25) is 0 Å². The average molecular weight is 177 g/mol. The lowest BCUT2D eigenvalue weighted by molar-refractivity contribution is 0.413. The molecule has 1 aromatic rings. The number of ether oxygens (including phenoxy) is 1. The quantitative estimate of drug-likeness (QED) is 0.684. The van der Waals surface area contributed by atoms with E-state index in [9.17, 15) is 0 Å². The molecule has 0 fully saturated rings. The Hall–Kier alpha value is -0.980. The summed E-state index contributed by atoms with van der Waals surface area (Å²) in [5.41, 5.74) is 2.60. The summed E-state index contributed by atoms with van der Waals surface area (Å²) >= 11 is 0. The van der Waals surface area contributed by atoms with Gasteiger partial charge in [0.25, 0.3) is 0 Å². The molecule has 0 aromatic heterocycles. The molecule has 0 aliphatic carbocycles. The zero-order chi connectivity index (χ0) is 9.68. The number of hydrogen-bond acceptors (Lipinski definition) is 1. The first kappa shape index (κ1) is 10.1. The lowest BCUT2D eigenvalue weighted by Crippen LogP contribution is -1.91. The van der Waals surface area contributed by atoms with Crippen molar-refractivity contribution in [1.29, 1.82) is 0 Å². The summed E-state index contributed by atoms with van der Waals surface area (Å²) in [6.07, 6.45) is 2.34. The van der Waals surface area contributed by atoms with E-state index in [2.05, 4.69) is 26.0 Å². The highest BCUT2D eigenvalue weighted by Crippen LogP contribution is 2.20. The van der Waals surface area contributed by atoms with Crippen molar-refractivity contribution in [3.8, 4) is 5.75 Å². The van der Waals surface area contributed by atoms with Gasteiger partial charge in [0.1, 0.15) is 12.4 Å². The molecule has 71 valence electrons. The first-order valence-corrected chi connectivity index (χ1v) is 4.82. The van der Waals surface area contributed by atoms with E-state index in [1.807, 2.05) is 13.0 Å². The Morgan fingerprint density at radius 2 is 2.15 bits per heavy atom. The van der Waals surface area contributed by atoms with Gasteiger partial charge in [-0.05, 0) is 37.5 Å². The number of hydrogen-bond donors (Lipinski definition) is 0. The Labute approximate surface area is 80.7 Å². The van der Waals surface area contributed by atoms with Gasteiger partial charge in [-0.1, -0.05) is 25.5 Å². The molecule has 0 spiro atoms. The monoisotopic (exact) mass is 177 g/mol. The zero-order valence-electron chi connectivity index (χ0n) is 8.63. The van der Waals surface area contributed by atoms with Gasteiger partial charge in [0.05, 0.1) is 0 Å². The van der Waals surface area contributed by atoms with E-state index in [1.165, 1.54) is 17.5 Å². The van der Waals surface area contributed by atoms with E-state index in [4.69, 9.17) is 4.74 Å². The molecule has 0 bridgehead atoms. The van der Waals surface area contributed by atoms with Gasteiger partial charge in [0.2, 0.25) is 0 Å². The summed E-state index contributed by atoms with van der Waals surface area (Å²) in [7, 11) is 0. The third-order valence-electron chi connectivity index (χ3n) is 2.02. The molecule has 0 amide bonds. The maximum absolute atomic E-state index is 5.34. The van der Waals surface area contributed by atoms with E-state index < -0.39 is 0 Å². The Bertz CT molecular complexity index is 266. The minimum absolute atomic E-state index is 0.961. The fourth-order valence-corrected chi connectivity index (χ4v) is 1.41. The van der Waals surface area contributed by atoms with Crippen molar-refractivity contribution in [2.75, 3.05) is 0 Å². The van der Waals surface area contributed by atoms with Crippen molar-refractivity contribution in [3.05, 3.63) is 35.9 Å². The Balaban J connectivity index is 2.79. The van der Waals surface area contributed by atoms with Crippen LogP contribution in [0.4, 0.5) is 0 Å². The van der Waals surface area contributed by atoms with Crippen molar-refractivity contribution in [2.24, 2.45) is 0 Å². The molecule has 0 N–H and O–H groups in total. The van der Waals surface area contributed by atoms with Crippen molar-refractivity contribution in [1.82, 2.24) is 0 Å². The van der Waals surface area contributed by atoms with Crippen LogP contribution in [0, 0.1) is 13.5 Å². The smallest absolute Gasteiger partial charge is 0.132 e. The van der Waals surface area contributed by atoms with Gasteiger partial charge in [-0.2, -0.15) is 0 Å². The second kappa shape index (κ2) is 4.90. The number of benzene rings is 1. The third kappa shape index (κ3) is 2.76. The number of aryl methyl sites for hydroxylation is 2. The minimum atomic E-state index is 0.961. The highest BCUT2D eigenvalue weighted by atomic mass is 16.5. The van der Waals surface area contributed by atoms with Crippen LogP contribution in [-0.4, -0.2) is 0 Å². The molecule has 0 heterocycles. The summed E-state index contributed by atoms with van der Waals surface area (Å²) in [6, 6.07) is 6.37. The molecule has 0 aliphatic rings. The normalized spacial score (nSPS) is 10.1. The summed E-state index contributed by atoms with van der Waals surface area (Å²) in [5.74, 6) is 0.961. The van der Waals surface area contributed by atoms with Crippen molar-refractivity contribution in [3.63, 3.8) is 0 Å². The largest absolute Gasteiger partial charge is 0.487 e. The summed E-state index contributed by atoms with van der Waals surface area (Å²) in [5, 5.41) is 0. The van der Waals surface area contributed by atoms with Gasteiger partial charge in [0, 0.05) is 0 Å². The zero-order valence-corrected chi connectivity index (χ0v) is 8.63. The molecule has 1 nitrogen and oxygen atoms in total. The van der Waals surface area contributed by atoms with Crippen LogP contribution in [0.1, 0.15) is 31.4 Å². The van der Waals surface area contributed by atoms with Crippen LogP contribution < -0.4 is 4.74 Å². The van der Waals surface area contributed by atoms with E-state index in [0.717, 1.165) is 12.2 Å². The van der Waals surface area contributed by atoms with Crippen molar-refractivity contribution in [2.45, 2.75) is 33.6 Å². The first-order valence-electron chi connectivity index (χ1n) is 4.82. The molecule has 0 atom stereocenters. The van der Waals surface area contributed by atoms with Crippen LogP contribution in [0.5, 0.6) is 5.75 Å². The fraction of sp³-hybridized carbons (Fsp3) is 0.417. The predicted molar refractivity (Wildman–Crippen MR) is 55.8 cm³/mol. The molecule has 1 radical (unpaired) electrons. The van der Waals surface area contributed by atoms with Crippen molar-refractivity contribution >= 4 is 0 Å². The van der Waals surface area contributed by atoms with Crippen LogP contribution in [0.25, 0.3) is 0 Å². The standard InChI is InChI=1S/C12H17O/c1-4-6-11-7-8-12(13-5-2)10(3)9-11/h5,7-9H,4,6H2,1-3H3. The van der Waals surface area contributed by atoms with Gasteiger partial charge >= 0.3 is 0 Å². The SMILES string of the molecule is C[CH]Oc1ccc(CCC)cc1C. The molecule has 0 saturated heterocycles. The van der Waals surface area contributed by atoms with Crippen LogP contribution in [-0.2, 0) is 6.42 Å². The molecular formula is C12H17O. The Kier molecular flexibility index (Phi) is 3.81. The summed E-state index contributed by atoms with van der Waals surface area (Å²) < 4.78 is 5.34. The van der Waals surface area contributed by atoms with Crippen molar-refractivity contribution < 1.29 is 4.74 Å². The Morgan fingerprint density at radius 3 is 2.69 bits per heavy atom. The van der Waals surface area contributed by atoms with Crippen LogP contribution in [0.15, 0.2) is 18.2 Å². The highest BCUT2D eigenvalue weighted by molar-refractivity contribution is 5.36. The van der Waals surface area contributed by atoms with E-state index in [1.54, 1.807) is 6.61 Å². The fourth-order valence-electron chi connectivity index (χ4n) is 1.41. The third-order valence-corrected chi connectivity index (χ3v) is 2.02. The maximum atomic E-state index is 5.34. The molecule has 1 aromatic carbocycles. The van der Waals surface area contributed by atoms with Gasteiger partial charge in [-0.15, -0.1) is 0 Å². The van der Waals surface area contributed by atoms with Crippen LogP contribution in [0.3, 0.4) is 0 Å². The molecule has 0 saturated carbocycles. The first-order chi connectivity index (χ1) is 6.27. The van der Waals surface area contributed by atoms with E-state index in [0.29, 0.717) is 0 Å². The van der Waals surface area contributed by atoms with E-state index >= 15 is 0 Å². The lowest BCUT2D eigenvalue weighted by Gasteiger charge is -2.07. The summed E-state index contributed by atoms with van der Waals surface area (Å²) in [4.78, 5) is 0. The van der Waals surface area contributed by atoms with Gasteiger partial charge in [0.15, 0.2) is 0 Å². The second-order valence-electron chi connectivity index (χ2n) is 3.20. The minimum Gasteiger partial charge on any atom is -0.487 e. The summed E-state index contributed by atoms with van der Waals surface area (Å²) in [6.45, 7) is 7.87. The van der Waals surface area contributed by atoms with E-state index in [-0.39, 0.29) is 0 Å². The average Bonchev–Trinajstić information content (AvgIpc) is 2.10. The predicted octanol–water partition coefficient (Wildman–Crippen LogP) is 3.51. The molecule has 13 heavy (non-hydrogen) atoms. The Morgan fingerprint density at radius 1 is 1.38 bits per heavy atom. The van der Waals surface area contributed by atoms with Crippen LogP contribution >= 0.6 is 0 Å².